The molecule has 100 valence electrons. The van der Waals surface area contributed by atoms with Crippen molar-refractivity contribution in [2.45, 2.75) is 33.2 Å². The first kappa shape index (κ1) is 13.0. The van der Waals surface area contributed by atoms with E-state index in [9.17, 15) is 9.90 Å². The van der Waals surface area contributed by atoms with E-state index in [1.165, 1.54) is 6.33 Å². The van der Waals surface area contributed by atoms with Crippen LogP contribution in [0.3, 0.4) is 0 Å². The van der Waals surface area contributed by atoms with Gasteiger partial charge in [0, 0.05) is 19.6 Å². The van der Waals surface area contributed by atoms with Gasteiger partial charge in [-0.2, -0.15) is 5.10 Å². The number of carboxylic acids is 1. The smallest absolute Gasteiger partial charge is 0.312 e. The lowest BCUT2D eigenvalue weighted by Crippen LogP contribution is -2.35. The number of carbonyl (C=O) groups is 1. The molecule has 1 N–H and O–H groups in total. The summed E-state index contributed by atoms with van der Waals surface area (Å²) < 4.78 is 7.05. The van der Waals surface area contributed by atoms with Crippen LogP contribution in [-0.2, 0) is 22.5 Å². The van der Waals surface area contributed by atoms with Gasteiger partial charge in [0.15, 0.2) is 0 Å². The number of hydrogen-bond acceptors (Lipinski definition) is 4. The van der Waals surface area contributed by atoms with Crippen LogP contribution in [0.1, 0.15) is 26.1 Å². The minimum Gasteiger partial charge on any atom is -0.481 e. The first-order valence-corrected chi connectivity index (χ1v) is 6.21. The molecule has 0 aliphatic carbocycles. The zero-order valence-corrected chi connectivity index (χ0v) is 10.8. The lowest BCUT2D eigenvalue weighted by molar-refractivity contribution is -0.149. The fourth-order valence-electron chi connectivity index (χ4n) is 2.22. The van der Waals surface area contributed by atoms with Gasteiger partial charge in [-0.15, -0.1) is 0 Å². The standard InChI is InChI=1S/C12H19N3O3/c1-9(2)6-15-10(13-8-14-15)5-12(11(16)17)3-4-18-7-12/h8-9H,3-7H2,1-2H3,(H,16,17). The summed E-state index contributed by atoms with van der Waals surface area (Å²) in [5.74, 6) is 0.377. The van der Waals surface area contributed by atoms with Gasteiger partial charge in [-0.05, 0) is 12.3 Å². The van der Waals surface area contributed by atoms with E-state index in [0.717, 1.165) is 12.4 Å². The summed E-state index contributed by atoms with van der Waals surface area (Å²) in [7, 11) is 0. The molecule has 6 nitrogen and oxygen atoms in total. The Labute approximate surface area is 106 Å². The van der Waals surface area contributed by atoms with Gasteiger partial charge in [0.05, 0.1) is 6.61 Å². The topological polar surface area (TPSA) is 77.2 Å². The zero-order chi connectivity index (χ0) is 13.2. The molecule has 0 radical (unpaired) electrons. The van der Waals surface area contributed by atoms with Gasteiger partial charge in [-0.25, -0.2) is 9.67 Å². The van der Waals surface area contributed by atoms with E-state index in [2.05, 4.69) is 23.9 Å². The van der Waals surface area contributed by atoms with Crippen LogP contribution in [0.4, 0.5) is 0 Å². The molecule has 1 aliphatic heterocycles. The third-order valence-electron chi connectivity index (χ3n) is 3.29. The largest absolute Gasteiger partial charge is 0.481 e. The highest BCUT2D eigenvalue weighted by molar-refractivity contribution is 5.75. The van der Waals surface area contributed by atoms with Crippen molar-refractivity contribution in [3.63, 3.8) is 0 Å². The molecule has 1 atom stereocenters. The van der Waals surface area contributed by atoms with Gasteiger partial charge in [0.25, 0.3) is 0 Å². The van der Waals surface area contributed by atoms with Gasteiger partial charge in [-0.3, -0.25) is 4.79 Å². The average Bonchev–Trinajstić information content (AvgIpc) is 2.89. The molecule has 1 fully saturated rings. The molecule has 0 amide bonds. The molecule has 2 rings (SSSR count). The van der Waals surface area contributed by atoms with Gasteiger partial charge in [0.2, 0.25) is 0 Å². The molecule has 18 heavy (non-hydrogen) atoms. The molecular formula is C12H19N3O3. The summed E-state index contributed by atoms with van der Waals surface area (Å²) in [6, 6.07) is 0. The summed E-state index contributed by atoms with van der Waals surface area (Å²) in [5.41, 5.74) is -0.832. The quantitative estimate of drug-likeness (QED) is 0.846. The van der Waals surface area contributed by atoms with E-state index >= 15 is 0 Å². The molecule has 1 aliphatic rings. The zero-order valence-electron chi connectivity index (χ0n) is 10.8. The monoisotopic (exact) mass is 253 g/mol. The predicted molar refractivity (Wildman–Crippen MR) is 64.1 cm³/mol. The van der Waals surface area contributed by atoms with Gasteiger partial charge < -0.3 is 9.84 Å². The van der Waals surface area contributed by atoms with Crippen molar-refractivity contribution in [2.24, 2.45) is 11.3 Å². The maximum atomic E-state index is 11.4. The summed E-state index contributed by atoms with van der Waals surface area (Å²) >= 11 is 0. The fraction of sp³-hybridized carbons (Fsp3) is 0.750. The van der Waals surface area contributed by atoms with Crippen molar-refractivity contribution in [1.82, 2.24) is 14.8 Å². The Kier molecular flexibility index (Phi) is 3.65. The van der Waals surface area contributed by atoms with Crippen LogP contribution in [0.15, 0.2) is 6.33 Å². The highest BCUT2D eigenvalue weighted by Gasteiger charge is 2.43. The summed E-state index contributed by atoms with van der Waals surface area (Å²) in [6.45, 7) is 5.71. The number of aliphatic carboxylic acids is 1. The molecule has 0 aromatic carbocycles. The number of rotatable bonds is 5. The van der Waals surface area contributed by atoms with E-state index in [0.29, 0.717) is 25.4 Å². The summed E-state index contributed by atoms with van der Waals surface area (Å²) in [4.78, 5) is 15.6. The second-order valence-corrected chi connectivity index (χ2v) is 5.32. The van der Waals surface area contributed by atoms with Crippen LogP contribution in [0.25, 0.3) is 0 Å². The molecule has 2 heterocycles. The molecule has 6 heteroatoms. The van der Waals surface area contributed by atoms with Crippen LogP contribution >= 0.6 is 0 Å². The van der Waals surface area contributed by atoms with E-state index < -0.39 is 11.4 Å². The van der Waals surface area contributed by atoms with Crippen LogP contribution in [-0.4, -0.2) is 39.1 Å². The fourth-order valence-corrected chi connectivity index (χ4v) is 2.22. The van der Waals surface area contributed by atoms with E-state index in [-0.39, 0.29) is 6.61 Å². The molecule has 1 aromatic rings. The first-order chi connectivity index (χ1) is 8.53. The van der Waals surface area contributed by atoms with Crippen molar-refractivity contribution in [2.75, 3.05) is 13.2 Å². The third kappa shape index (κ3) is 2.53. The Hall–Kier alpha value is -1.43. The molecule has 0 saturated carbocycles. The highest BCUT2D eigenvalue weighted by atomic mass is 16.5. The van der Waals surface area contributed by atoms with E-state index in [4.69, 9.17) is 4.74 Å². The first-order valence-electron chi connectivity index (χ1n) is 6.21. The van der Waals surface area contributed by atoms with Crippen molar-refractivity contribution < 1.29 is 14.6 Å². The number of hydrogen-bond donors (Lipinski definition) is 1. The minimum absolute atomic E-state index is 0.261. The number of nitrogens with zero attached hydrogens (tertiary/aromatic N) is 3. The van der Waals surface area contributed by atoms with Gasteiger partial charge in [0.1, 0.15) is 17.6 Å². The molecule has 1 aromatic heterocycles. The Bertz CT molecular complexity index is 422. The molecule has 0 bridgehead atoms. The van der Waals surface area contributed by atoms with Crippen LogP contribution in [0.5, 0.6) is 0 Å². The molecule has 1 saturated heterocycles. The minimum atomic E-state index is -0.832. The molecular weight excluding hydrogens is 234 g/mol. The van der Waals surface area contributed by atoms with Crippen molar-refractivity contribution in [3.05, 3.63) is 12.2 Å². The number of carboxylic acid groups (broad SMARTS) is 1. The van der Waals surface area contributed by atoms with E-state index in [1.54, 1.807) is 4.68 Å². The van der Waals surface area contributed by atoms with Crippen LogP contribution < -0.4 is 0 Å². The van der Waals surface area contributed by atoms with E-state index in [1.807, 2.05) is 0 Å². The lowest BCUT2D eigenvalue weighted by Gasteiger charge is -2.21. The second kappa shape index (κ2) is 5.06. The Morgan fingerprint density at radius 1 is 1.67 bits per heavy atom. The average molecular weight is 253 g/mol. The maximum absolute atomic E-state index is 11.4. The molecule has 0 spiro atoms. The third-order valence-corrected chi connectivity index (χ3v) is 3.29. The number of aromatic nitrogens is 3. The van der Waals surface area contributed by atoms with Crippen molar-refractivity contribution in [1.29, 1.82) is 0 Å². The maximum Gasteiger partial charge on any atom is 0.312 e. The summed E-state index contributed by atoms with van der Waals surface area (Å²) in [6.07, 6.45) is 2.41. The van der Waals surface area contributed by atoms with Crippen LogP contribution in [0, 0.1) is 11.3 Å². The second-order valence-electron chi connectivity index (χ2n) is 5.32. The summed E-state index contributed by atoms with van der Waals surface area (Å²) in [5, 5.41) is 13.6. The van der Waals surface area contributed by atoms with Crippen molar-refractivity contribution in [3.8, 4) is 0 Å². The lowest BCUT2D eigenvalue weighted by atomic mass is 9.83. The SMILES string of the molecule is CC(C)Cn1ncnc1CC1(C(=O)O)CCOC1. The number of ether oxygens (including phenoxy) is 1. The Morgan fingerprint density at radius 2 is 2.44 bits per heavy atom. The molecule has 1 unspecified atom stereocenters. The van der Waals surface area contributed by atoms with Crippen molar-refractivity contribution >= 4 is 5.97 Å². The highest BCUT2D eigenvalue weighted by Crippen LogP contribution is 2.32. The Morgan fingerprint density at radius 3 is 3.00 bits per heavy atom. The van der Waals surface area contributed by atoms with Crippen LogP contribution in [0.2, 0.25) is 0 Å². The Balaban J connectivity index is 2.17. The van der Waals surface area contributed by atoms with Gasteiger partial charge >= 0.3 is 5.97 Å². The van der Waals surface area contributed by atoms with Gasteiger partial charge in [-0.1, -0.05) is 13.8 Å². The predicted octanol–water partition coefficient (Wildman–Crippen LogP) is 0.968. The normalized spacial score (nSPS) is 23.7.